The first-order valence-corrected chi connectivity index (χ1v) is 5.92. The molecule has 15 heavy (non-hydrogen) atoms. The molecule has 2 bridgehead atoms. The molecule has 2 aliphatic rings. The van der Waals surface area contributed by atoms with E-state index < -0.39 is 0 Å². The zero-order valence-electron chi connectivity index (χ0n) is 9.88. The second-order valence-corrected chi connectivity index (χ2v) is 5.89. The van der Waals surface area contributed by atoms with Crippen LogP contribution in [0.1, 0.15) is 46.5 Å². The second-order valence-electron chi connectivity index (χ2n) is 5.89. The van der Waals surface area contributed by atoms with Gasteiger partial charge < -0.3 is 10.1 Å². The molecule has 0 aliphatic carbocycles. The molecule has 0 unspecified atom stereocenters. The molecule has 2 aliphatic heterocycles. The summed E-state index contributed by atoms with van der Waals surface area (Å²) in [7, 11) is 0. The minimum Gasteiger partial charge on any atom is -0.462 e. The van der Waals surface area contributed by atoms with Gasteiger partial charge in [-0.15, -0.1) is 0 Å². The summed E-state index contributed by atoms with van der Waals surface area (Å²) in [6.45, 7) is 5.72. The number of ether oxygens (including phenoxy) is 1. The molecule has 0 aromatic heterocycles. The van der Waals surface area contributed by atoms with Crippen molar-refractivity contribution >= 4 is 5.97 Å². The average Bonchev–Trinajstić information content (AvgIpc) is 2.44. The van der Waals surface area contributed by atoms with Crippen LogP contribution in [-0.2, 0) is 9.53 Å². The van der Waals surface area contributed by atoms with Crippen molar-refractivity contribution in [1.82, 2.24) is 5.32 Å². The number of rotatable bonds is 1. The fourth-order valence-electron chi connectivity index (χ4n) is 2.43. The summed E-state index contributed by atoms with van der Waals surface area (Å²) < 4.78 is 5.56. The van der Waals surface area contributed by atoms with E-state index >= 15 is 0 Å². The van der Waals surface area contributed by atoms with E-state index in [0.29, 0.717) is 12.1 Å². The van der Waals surface area contributed by atoms with Gasteiger partial charge >= 0.3 is 5.97 Å². The van der Waals surface area contributed by atoms with E-state index in [1.165, 1.54) is 12.8 Å². The van der Waals surface area contributed by atoms with Crippen LogP contribution in [0.15, 0.2) is 0 Å². The molecule has 0 aromatic carbocycles. The Morgan fingerprint density at radius 1 is 1.20 bits per heavy atom. The third-order valence-corrected chi connectivity index (χ3v) is 3.32. The second kappa shape index (κ2) is 3.78. The monoisotopic (exact) mass is 211 g/mol. The van der Waals surface area contributed by atoms with Crippen molar-refractivity contribution in [2.24, 2.45) is 5.41 Å². The maximum Gasteiger partial charge on any atom is 0.311 e. The highest BCUT2D eigenvalue weighted by atomic mass is 16.5. The molecule has 3 atom stereocenters. The van der Waals surface area contributed by atoms with Gasteiger partial charge in [0.25, 0.3) is 0 Å². The van der Waals surface area contributed by atoms with Gasteiger partial charge in [-0.1, -0.05) is 0 Å². The van der Waals surface area contributed by atoms with E-state index in [1.807, 2.05) is 20.8 Å². The van der Waals surface area contributed by atoms with E-state index in [-0.39, 0.29) is 17.5 Å². The van der Waals surface area contributed by atoms with Crippen molar-refractivity contribution in [2.45, 2.75) is 64.6 Å². The van der Waals surface area contributed by atoms with E-state index in [9.17, 15) is 4.79 Å². The Morgan fingerprint density at radius 3 is 2.20 bits per heavy atom. The highest BCUT2D eigenvalue weighted by Gasteiger charge is 2.36. The first-order valence-electron chi connectivity index (χ1n) is 5.92. The fraction of sp³-hybridized carbons (Fsp3) is 0.917. The van der Waals surface area contributed by atoms with Crippen LogP contribution in [-0.4, -0.2) is 24.2 Å². The molecule has 0 spiro atoms. The van der Waals surface area contributed by atoms with Gasteiger partial charge in [0, 0.05) is 12.1 Å². The lowest BCUT2D eigenvalue weighted by atomic mass is 9.96. The van der Waals surface area contributed by atoms with Gasteiger partial charge in [-0.05, 0) is 46.5 Å². The molecule has 2 heterocycles. The molecule has 0 amide bonds. The molecule has 0 aromatic rings. The fourth-order valence-corrected chi connectivity index (χ4v) is 2.43. The average molecular weight is 211 g/mol. The summed E-state index contributed by atoms with van der Waals surface area (Å²) >= 11 is 0. The Bertz CT molecular complexity index is 245. The molecule has 1 N–H and O–H groups in total. The zero-order valence-corrected chi connectivity index (χ0v) is 9.88. The maximum atomic E-state index is 11.7. The zero-order chi connectivity index (χ0) is 11.1. The van der Waals surface area contributed by atoms with Crippen molar-refractivity contribution < 1.29 is 9.53 Å². The smallest absolute Gasteiger partial charge is 0.311 e. The molecule has 0 radical (unpaired) electrons. The van der Waals surface area contributed by atoms with Crippen molar-refractivity contribution in [3.63, 3.8) is 0 Å². The van der Waals surface area contributed by atoms with E-state index in [4.69, 9.17) is 4.74 Å². The number of piperidine rings is 1. The largest absolute Gasteiger partial charge is 0.462 e. The predicted octanol–water partition coefficient (Wildman–Crippen LogP) is 1.86. The van der Waals surface area contributed by atoms with Crippen molar-refractivity contribution in [3.8, 4) is 0 Å². The standard InChI is InChI=1S/C12H21NO2/c1-12(2,3)11(14)15-10-6-8-4-5-9(7-10)13-8/h8-10,13H,4-7H2,1-3H3/t8-,9+,10+. The molecular formula is C12H21NO2. The Labute approximate surface area is 91.6 Å². The molecule has 0 saturated carbocycles. The van der Waals surface area contributed by atoms with Gasteiger partial charge in [0.2, 0.25) is 0 Å². The molecule has 3 heteroatoms. The lowest BCUT2D eigenvalue weighted by Gasteiger charge is -2.30. The molecule has 86 valence electrons. The van der Waals surface area contributed by atoms with E-state index in [1.54, 1.807) is 0 Å². The van der Waals surface area contributed by atoms with Crippen LogP contribution in [0.5, 0.6) is 0 Å². The van der Waals surface area contributed by atoms with Gasteiger partial charge in [-0.3, -0.25) is 4.79 Å². The van der Waals surface area contributed by atoms with Crippen molar-refractivity contribution in [1.29, 1.82) is 0 Å². The van der Waals surface area contributed by atoms with Crippen LogP contribution in [0.25, 0.3) is 0 Å². The molecule has 2 fully saturated rings. The maximum absolute atomic E-state index is 11.7. The van der Waals surface area contributed by atoms with Gasteiger partial charge in [-0.25, -0.2) is 0 Å². The summed E-state index contributed by atoms with van der Waals surface area (Å²) in [6, 6.07) is 1.17. The van der Waals surface area contributed by atoms with E-state index in [0.717, 1.165) is 12.8 Å². The minimum absolute atomic E-state index is 0.0613. The van der Waals surface area contributed by atoms with Crippen LogP contribution in [0.2, 0.25) is 0 Å². The summed E-state index contributed by atoms with van der Waals surface area (Å²) in [5.74, 6) is -0.0613. The first-order chi connectivity index (χ1) is 6.95. The molecule has 3 nitrogen and oxygen atoms in total. The summed E-state index contributed by atoms with van der Waals surface area (Å²) in [5.41, 5.74) is -0.371. The Balaban J connectivity index is 1.88. The SMILES string of the molecule is CC(C)(C)C(=O)O[C@H]1C[C@H]2CC[C@@H](C1)N2. The number of esters is 1. The predicted molar refractivity (Wildman–Crippen MR) is 58.5 cm³/mol. The Hall–Kier alpha value is -0.570. The van der Waals surface area contributed by atoms with Crippen LogP contribution in [0, 0.1) is 5.41 Å². The van der Waals surface area contributed by atoms with Crippen LogP contribution in [0.4, 0.5) is 0 Å². The number of hydrogen-bond acceptors (Lipinski definition) is 3. The topological polar surface area (TPSA) is 38.3 Å². The van der Waals surface area contributed by atoms with Gasteiger partial charge in [0.1, 0.15) is 6.10 Å². The van der Waals surface area contributed by atoms with E-state index in [2.05, 4.69) is 5.32 Å². The normalized spacial score (nSPS) is 35.3. The first kappa shape index (κ1) is 10.9. The number of fused-ring (bicyclic) bond motifs is 2. The lowest BCUT2D eigenvalue weighted by molar-refractivity contribution is -0.160. The number of nitrogens with one attached hydrogen (secondary N) is 1. The highest BCUT2D eigenvalue weighted by molar-refractivity contribution is 5.75. The quantitative estimate of drug-likeness (QED) is 0.673. The summed E-state index contributed by atoms with van der Waals surface area (Å²) in [5, 5.41) is 3.54. The van der Waals surface area contributed by atoms with Gasteiger partial charge in [0.05, 0.1) is 5.41 Å². The molecule has 2 rings (SSSR count). The lowest BCUT2D eigenvalue weighted by Crippen LogP contribution is -2.43. The number of hydrogen-bond donors (Lipinski definition) is 1. The van der Waals surface area contributed by atoms with Crippen molar-refractivity contribution in [2.75, 3.05) is 0 Å². The van der Waals surface area contributed by atoms with Crippen molar-refractivity contribution in [3.05, 3.63) is 0 Å². The van der Waals surface area contributed by atoms with Gasteiger partial charge in [-0.2, -0.15) is 0 Å². The Morgan fingerprint density at radius 2 is 1.73 bits per heavy atom. The molecule has 2 saturated heterocycles. The Kier molecular flexibility index (Phi) is 2.75. The van der Waals surface area contributed by atoms with Gasteiger partial charge in [0.15, 0.2) is 0 Å². The van der Waals surface area contributed by atoms with Crippen LogP contribution >= 0.6 is 0 Å². The number of carbonyl (C=O) groups is 1. The molecular weight excluding hydrogens is 190 g/mol. The number of carbonyl (C=O) groups excluding carboxylic acids is 1. The summed E-state index contributed by atoms with van der Waals surface area (Å²) in [4.78, 5) is 11.7. The minimum atomic E-state index is -0.371. The highest BCUT2D eigenvalue weighted by Crippen LogP contribution is 2.30. The third kappa shape index (κ3) is 2.51. The summed E-state index contributed by atoms with van der Waals surface area (Å²) in [6.07, 6.45) is 4.63. The third-order valence-electron chi connectivity index (χ3n) is 3.32. The van der Waals surface area contributed by atoms with Crippen LogP contribution in [0.3, 0.4) is 0 Å². The van der Waals surface area contributed by atoms with Crippen LogP contribution < -0.4 is 5.32 Å².